The van der Waals surface area contributed by atoms with E-state index in [1.165, 1.54) is 15.9 Å². The molecule has 164 valence electrons. The molecule has 0 bridgehead atoms. The van der Waals surface area contributed by atoms with Crippen molar-refractivity contribution in [3.05, 3.63) is 59.7 Å². The maximum Gasteiger partial charge on any atom is 0.277 e. The van der Waals surface area contributed by atoms with Crippen LogP contribution in [0.15, 0.2) is 63.1 Å². The Morgan fingerprint density at radius 3 is 2.39 bits per heavy atom. The Balaban J connectivity index is 1.71. The van der Waals surface area contributed by atoms with Crippen molar-refractivity contribution < 1.29 is 17.6 Å². The Bertz CT molecular complexity index is 1140. The van der Waals surface area contributed by atoms with Gasteiger partial charge in [0.05, 0.1) is 10.6 Å². The number of aromatic nitrogens is 2. The molecule has 31 heavy (non-hydrogen) atoms. The number of benzene rings is 2. The van der Waals surface area contributed by atoms with E-state index >= 15 is 0 Å². The minimum absolute atomic E-state index is 0.0280. The molecule has 0 atom stereocenters. The lowest BCUT2D eigenvalue weighted by Gasteiger charge is -2.18. The normalized spacial score (nSPS) is 11.7. The smallest absolute Gasteiger partial charge is 0.277 e. The van der Waals surface area contributed by atoms with Crippen molar-refractivity contribution in [1.82, 2.24) is 14.5 Å². The summed E-state index contributed by atoms with van der Waals surface area (Å²) in [6.07, 6.45) is 0.922. The fraction of sp³-hybridized carbons (Fsp3) is 0.318. The highest BCUT2D eigenvalue weighted by Gasteiger charge is 2.22. The third-order valence-corrected chi connectivity index (χ3v) is 7.71. The van der Waals surface area contributed by atoms with E-state index < -0.39 is 10.0 Å². The van der Waals surface area contributed by atoms with Crippen LogP contribution in [0.5, 0.6) is 0 Å². The summed E-state index contributed by atoms with van der Waals surface area (Å²) in [6.45, 7) is 6.44. The van der Waals surface area contributed by atoms with Gasteiger partial charge in [-0.05, 0) is 30.2 Å². The van der Waals surface area contributed by atoms with Gasteiger partial charge in [0.15, 0.2) is 5.78 Å². The van der Waals surface area contributed by atoms with Gasteiger partial charge in [0, 0.05) is 24.2 Å². The Morgan fingerprint density at radius 1 is 1.03 bits per heavy atom. The monoisotopic (exact) mass is 459 g/mol. The third-order valence-electron chi connectivity index (χ3n) is 4.84. The van der Waals surface area contributed by atoms with Crippen molar-refractivity contribution in [3.63, 3.8) is 0 Å². The quantitative estimate of drug-likeness (QED) is 0.329. The predicted molar refractivity (Wildman–Crippen MR) is 121 cm³/mol. The van der Waals surface area contributed by atoms with Gasteiger partial charge in [-0.25, -0.2) is 8.42 Å². The number of carbonyl (C=O) groups excluding carboxylic acids is 1. The van der Waals surface area contributed by atoms with Crippen LogP contribution in [0, 0.1) is 0 Å². The summed E-state index contributed by atoms with van der Waals surface area (Å²) in [7, 11) is -3.59. The fourth-order valence-corrected chi connectivity index (χ4v) is 5.19. The minimum atomic E-state index is -3.59. The minimum Gasteiger partial charge on any atom is -0.411 e. The highest BCUT2D eigenvalue weighted by atomic mass is 32.2. The SMILES string of the molecule is CCc1ccc(C(=O)CSc2nnc(-c3cccc(S(=O)(=O)N(CC)CC)c3)o2)cc1. The summed E-state index contributed by atoms with van der Waals surface area (Å²) in [5, 5.41) is 8.25. The van der Waals surface area contributed by atoms with Crippen molar-refractivity contribution in [1.29, 1.82) is 0 Å². The van der Waals surface area contributed by atoms with Crippen LogP contribution < -0.4 is 0 Å². The molecule has 0 unspecified atom stereocenters. The molecule has 0 aliphatic heterocycles. The number of carbonyl (C=O) groups is 1. The van der Waals surface area contributed by atoms with E-state index in [0.717, 1.165) is 18.2 Å². The molecule has 0 radical (unpaired) electrons. The Kier molecular flexibility index (Phi) is 7.64. The van der Waals surface area contributed by atoms with Crippen LogP contribution in [0.25, 0.3) is 11.5 Å². The number of hydrogen-bond acceptors (Lipinski definition) is 7. The van der Waals surface area contributed by atoms with Crippen molar-refractivity contribution in [3.8, 4) is 11.5 Å². The standard InChI is InChI=1S/C22H25N3O4S2/c1-4-16-10-12-17(13-11-16)20(26)15-30-22-24-23-21(29-22)18-8-7-9-19(14-18)31(27,28)25(5-2)6-3/h7-14H,4-6,15H2,1-3H3. The van der Waals surface area contributed by atoms with Crippen molar-refractivity contribution in [2.45, 2.75) is 37.3 Å². The highest BCUT2D eigenvalue weighted by molar-refractivity contribution is 7.99. The molecule has 0 N–H and O–H groups in total. The second kappa shape index (κ2) is 10.2. The number of thioether (sulfide) groups is 1. The van der Waals surface area contributed by atoms with Crippen molar-refractivity contribution >= 4 is 27.6 Å². The van der Waals surface area contributed by atoms with E-state index in [9.17, 15) is 13.2 Å². The zero-order valence-electron chi connectivity index (χ0n) is 17.7. The zero-order chi connectivity index (χ0) is 22.4. The molecule has 9 heteroatoms. The lowest BCUT2D eigenvalue weighted by atomic mass is 10.1. The molecule has 1 heterocycles. The summed E-state index contributed by atoms with van der Waals surface area (Å²) in [5.41, 5.74) is 2.32. The number of hydrogen-bond donors (Lipinski definition) is 0. The molecule has 0 fully saturated rings. The molecule has 0 aliphatic carbocycles. The van der Waals surface area contributed by atoms with Crippen LogP contribution >= 0.6 is 11.8 Å². The summed E-state index contributed by atoms with van der Waals surface area (Å²) < 4.78 is 32.5. The van der Waals surface area contributed by atoms with E-state index in [0.29, 0.717) is 24.2 Å². The van der Waals surface area contributed by atoms with Crippen LogP contribution in [-0.2, 0) is 16.4 Å². The van der Waals surface area contributed by atoms with Crippen molar-refractivity contribution in [2.24, 2.45) is 0 Å². The first-order chi connectivity index (χ1) is 14.9. The average Bonchev–Trinajstić information content (AvgIpc) is 3.27. The molecular formula is C22H25N3O4S2. The summed E-state index contributed by atoms with van der Waals surface area (Å²) in [4.78, 5) is 12.6. The van der Waals surface area contributed by atoms with Crippen LogP contribution in [0.3, 0.4) is 0 Å². The molecule has 1 aromatic heterocycles. The van der Waals surface area contributed by atoms with E-state index in [-0.39, 0.29) is 27.5 Å². The summed E-state index contributed by atoms with van der Waals surface area (Å²) in [5.74, 6) is 0.349. The predicted octanol–water partition coefficient (Wildman–Crippen LogP) is 4.30. The molecule has 2 aromatic carbocycles. The van der Waals surface area contributed by atoms with Crippen LogP contribution in [0.2, 0.25) is 0 Å². The van der Waals surface area contributed by atoms with Crippen molar-refractivity contribution in [2.75, 3.05) is 18.8 Å². The molecule has 0 aliphatic rings. The first-order valence-corrected chi connectivity index (χ1v) is 12.5. The maximum absolute atomic E-state index is 12.8. The number of nitrogens with zero attached hydrogens (tertiary/aromatic N) is 3. The molecule has 0 spiro atoms. The number of rotatable bonds is 10. The molecule has 3 rings (SSSR count). The summed E-state index contributed by atoms with van der Waals surface area (Å²) >= 11 is 1.15. The molecule has 0 saturated carbocycles. The number of sulfonamides is 1. The number of Topliss-reactive ketones (excluding diaryl/α,β-unsaturated/α-hetero) is 1. The maximum atomic E-state index is 12.8. The fourth-order valence-electron chi connectivity index (χ4n) is 3.02. The number of ketones is 1. The molecule has 0 amide bonds. The summed E-state index contributed by atoms with van der Waals surface area (Å²) in [6, 6.07) is 14.0. The Hall–Kier alpha value is -2.49. The Morgan fingerprint density at radius 2 is 1.74 bits per heavy atom. The molecule has 3 aromatic rings. The van der Waals surface area contributed by atoms with Gasteiger partial charge >= 0.3 is 0 Å². The van der Waals surface area contributed by atoms with Gasteiger partial charge in [-0.15, -0.1) is 10.2 Å². The van der Waals surface area contributed by atoms with Gasteiger partial charge in [-0.2, -0.15) is 4.31 Å². The third kappa shape index (κ3) is 5.41. The van der Waals surface area contributed by atoms with Gasteiger partial charge in [-0.1, -0.05) is 62.9 Å². The van der Waals surface area contributed by atoms with Gasteiger partial charge in [-0.3, -0.25) is 4.79 Å². The van der Waals surface area contributed by atoms with Crippen LogP contribution in [0.1, 0.15) is 36.7 Å². The Labute approximate surface area is 186 Å². The molecule has 7 nitrogen and oxygen atoms in total. The lowest BCUT2D eigenvalue weighted by Crippen LogP contribution is -2.30. The van der Waals surface area contributed by atoms with E-state index in [2.05, 4.69) is 17.1 Å². The van der Waals surface area contributed by atoms with E-state index in [1.54, 1.807) is 32.0 Å². The van der Waals surface area contributed by atoms with E-state index in [1.807, 2.05) is 24.3 Å². The van der Waals surface area contributed by atoms with Crippen LogP contribution in [-0.4, -0.2) is 47.5 Å². The second-order valence-electron chi connectivity index (χ2n) is 6.75. The van der Waals surface area contributed by atoms with Gasteiger partial charge in [0.25, 0.3) is 5.22 Å². The van der Waals surface area contributed by atoms with E-state index in [4.69, 9.17) is 4.42 Å². The lowest BCUT2D eigenvalue weighted by molar-refractivity contribution is 0.102. The first-order valence-electron chi connectivity index (χ1n) is 10.1. The van der Waals surface area contributed by atoms with Crippen LogP contribution in [0.4, 0.5) is 0 Å². The highest BCUT2D eigenvalue weighted by Crippen LogP contribution is 2.26. The largest absolute Gasteiger partial charge is 0.411 e. The molecular weight excluding hydrogens is 434 g/mol. The second-order valence-corrected chi connectivity index (χ2v) is 9.62. The zero-order valence-corrected chi connectivity index (χ0v) is 19.4. The van der Waals surface area contributed by atoms with Gasteiger partial charge in [0.2, 0.25) is 15.9 Å². The van der Waals surface area contributed by atoms with Gasteiger partial charge in [0.1, 0.15) is 0 Å². The number of aryl methyl sites for hydroxylation is 1. The van der Waals surface area contributed by atoms with Gasteiger partial charge < -0.3 is 4.42 Å². The topological polar surface area (TPSA) is 93.4 Å². The molecule has 0 saturated heterocycles. The average molecular weight is 460 g/mol. The first kappa shape index (κ1) is 23.2.